The Labute approximate surface area is 453 Å². The number of hydrogen-bond donors (Lipinski definition) is 0. The third kappa shape index (κ3) is 14.6. The van der Waals surface area contributed by atoms with Crippen molar-refractivity contribution in [3.8, 4) is 23.3 Å². The van der Waals surface area contributed by atoms with Crippen LogP contribution in [0.1, 0.15) is 64.2 Å². The van der Waals surface area contributed by atoms with Crippen LogP contribution in [-0.4, -0.2) is 124 Å². The summed E-state index contributed by atoms with van der Waals surface area (Å²) >= 11 is 3.61. The summed E-state index contributed by atoms with van der Waals surface area (Å²) in [5.74, 6) is 1.59. The first kappa shape index (κ1) is 52.7. The van der Waals surface area contributed by atoms with Gasteiger partial charge < -0.3 is 38.2 Å². The maximum atomic E-state index is 12.4. The molecule has 0 unspecified atom stereocenters. The summed E-state index contributed by atoms with van der Waals surface area (Å²) < 4.78 is 36.9. The molecule has 0 aliphatic carbocycles. The fourth-order valence-corrected chi connectivity index (χ4v) is 11.6. The molecule has 2 aliphatic rings. The van der Waals surface area contributed by atoms with Crippen LogP contribution in [0.2, 0.25) is 0 Å². The van der Waals surface area contributed by atoms with Gasteiger partial charge in [0.15, 0.2) is 0 Å². The van der Waals surface area contributed by atoms with Crippen LogP contribution >= 0.6 is 22.7 Å². The smallest absolute Gasteiger partial charge is 0.308 e. The molecule has 76 heavy (non-hydrogen) atoms. The number of piperazine rings is 2. The van der Waals surface area contributed by atoms with E-state index in [1.165, 1.54) is 31.5 Å². The van der Waals surface area contributed by atoms with E-state index < -0.39 is 0 Å². The summed E-state index contributed by atoms with van der Waals surface area (Å²) in [6.45, 7) is 11.5. The molecule has 6 heterocycles. The third-order valence-electron chi connectivity index (χ3n) is 14.3. The van der Waals surface area contributed by atoms with Crippen molar-refractivity contribution in [2.45, 2.75) is 64.2 Å². The highest BCUT2D eigenvalue weighted by Crippen LogP contribution is 2.33. The first-order chi connectivity index (χ1) is 37.5. The van der Waals surface area contributed by atoms with Crippen LogP contribution in [0, 0.1) is 0 Å². The maximum absolute atomic E-state index is 12.4. The molecular formula is C60H68N6O8S2. The Balaban J connectivity index is 0.534. The van der Waals surface area contributed by atoms with Crippen molar-refractivity contribution in [3.05, 3.63) is 120 Å². The molecule has 0 N–H and O–H groups in total. The van der Waals surface area contributed by atoms with Crippen molar-refractivity contribution in [2.75, 3.05) is 102 Å². The number of fused-ring (bicyclic) bond motifs is 4. The fourth-order valence-electron chi connectivity index (χ4n) is 10.0. The predicted molar refractivity (Wildman–Crippen MR) is 305 cm³/mol. The number of unbranched alkanes of at least 4 members (excludes halogenated alkanes) is 5. The summed E-state index contributed by atoms with van der Waals surface area (Å²) in [4.78, 5) is 44.2. The molecule has 14 nitrogen and oxygen atoms in total. The second kappa shape index (κ2) is 26.9. The molecule has 0 radical (unpaired) electrons. The Kier molecular flexibility index (Phi) is 18.6. The number of carbonyl (C=O) groups excluding carboxylic acids is 2. The number of ether oxygens (including phenoxy) is 6. The highest BCUT2D eigenvalue weighted by Gasteiger charge is 2.20. The molecule has 8 aromatic rings. The standard InChI is InChI=1S/C60H68N6O8S2/c67-59(73-43-71-57-23-19-45-17-21-47(41-51(45)61-57)69-37-7-5-27-63-29-33-65(34-30-63)53-11-9-13-55-49(53)25-39-75-55)15-3-1-2-4-16-60(68)74-44-72-58-24-20-46-18-22-48(42-52(46)62-58)70-38-8-6-28-64-31-35-66(36-32-64)54-12-10-14-56-50(54)26-40-76-56/h9-14,17-26,39-42H,1-8,15-16,27-38,43-44H2. The predicted octanol–water partition coefficient (Wildman–Crippen LogP) is 12.0. The molecule has 16 heteroatoms. The summed E-state index contributed by atoms with van der Waals surface area (Å²) in [7, 11) is 0. The van der Waals surface area contributed by atoms with Gasteiger partial charge in [0.25, 0.3) is 0 Å². The topological polar surface area (TPSA) is 128 Å². The Hall–Kier alpha value is -6.72. The number of nitrogens with zero attached hydrogens (tertiary/aromatic N) is 6. The van der Waals surface area contributed by atoms with Crippen LogP contribution in [0.3, 0.4) is 0 Å². The van der Waals surface area contributed by atoms with Crippen molar-refractivity contribution in [1.82, 2.24) is 19.8 Å². The number of aromatic nitrogens is 2. The Morgan fingerprint density at radius 3 is 1.37 bits per heavy atom. The lowest BCUT2D eigenvalue weighted by Gasteiger charge is -2.36. The second-order valence-corrected chi connectivity index (χ2v) is 21.4. The molecule has 2 saturated heterocycles. The van der Waals surface area contributed by atoms with Gasteiger partial charge in [0.2, 0.25) is 25.3 Å². The summed E-state index contributed by atoms with van der Waals surface area (Å²) in [6, 6.07) is 36.9. The molecular weight excluding hydrogens is 997 g/mol. The minimum Gasteiger partial charge on any atom is -0.494 e. The molecule has 0 amide bonds. The van der Waals surface area contributed by atoms with Gasteiger partial charge in [-0.2, -0.15) is 0 Å². The van der Waals surface area contributed by atoms with E-state index in [1.807, 2.05) is 48.5 Å². The molecule has 4 aromatic carbocycles. The molecule has 2 fully saturated rings. The third-order valence-corrected chi connectivity index (χ3v) is 16.1. The van der Waals surface area contributed by atoms with E-state index in [1.54, 1.807) is 34.8 Å². The molecule has 0 saturated carbocycles. The Morgan fingerprint density at radius 1 is 0.461 bits per heavy atom. The lowest BCUT2D eigenvalue weighted by molar-refractivity contribution is -0.151. The van der Waals surface area contributed by atoms with E-state index in [2.05, 4.69) is 88.9 Å². The molecule has 2 aliphatic heterocycles. The van der Waals surface area contributed by atoms with E-state index >= 15 is 0 Å². The van der Waals surface area contributed by atoms with E-state index in [-0.39, 0.29) is 38.4 Å². The van der Waals surface area contributed by atoms with Gasteiger partial charge in [-0.1, -0.05) is 25.0 Å². The SMILES string of the molecule is O=C(CCCCCCC(=O)OCOc1ccc2ccc(OCCCCN3CCN(c4cccc5sccc45)CC3)cc2n1)OCOc1ccc2ccc(OCCCCN3CCN(c4cccc5sccc45)CC3)cc2n1. The van der Waals surface area contributed by atoms with Crippen molar-refractivity contribution in [2.24, 2.45) is 0 Å². The van der Waals surface area contributed by atoms with Gasteiger partial charge in [0.05, 0.1) is 24.2 Å². The van der Waals surface area contributed by atoms with Crippen LogP contribution in [0.4, 0.5) is 11.4 Å². The van der Waals surface area contributed by atoms with E-state index in [9.17, 15) is 9.59 Å². The monoisotopic (exact) mass is 1060 g/mol. The lowest BCUT2D eigenvalue weighted by Crippen LogP contribution is -2.46. The average Bonchev–Trinajstić information content (AvgIpc) is 4.17. The number of thiophene rings is 2. The average molecular weight is 1070 g/mol. The quantitative estimate of drug-likeness (QED) is 0.0275. The van der Waals surface area contributed by atoms with E-state index in [0.717, 1.165) is 137 Å². The van der Waals surface area contributed by atoms with Gasteiger partial charge in [0.1, 0.15) is 11.5 Å². The minimum atomic E-state index is -0.344. The minimum absolute atomic E-state index is 0.222. The fraction of sp³-hybridized carbons (Fsp3) is 0.400. The van der Waals surface area contributed by atoms with Gasteiger partial charge in [-0.05, 0) is 135 Å². The molecule has 398 valence electrons. The van der Waals surface area contributed by atoms with Crippen LogP contribution in [0.15, 0.2) is 120 Å². The zero-order valence-electron chi connectivity index (χ0n) is 43.3. The first-order valence-electron chi connectivity index (χ1n) is 27.0. The highest BCUT2D eigenvalue weighted by atomic mass is 32.1. The van der Waals surface area contributed by atoms with Crippen LogP contribution < -0.4 is 28.7 Å². The first-order valence-corrected chi connectivity index (χ1v) is 28.7. The number of hydrogen-bond acceptors (Lipinski definition) is 16. The van der Waals surface area contributed by atoms with Gasteiger partial charge in [-0.25, -0.2) is 9.97 Å². The van der Waals surface area contributed by atoms with Crippen LogP contribution in [0.25, 0.3) is 42.0 Å². The highest BCUT2D eigenvalue weighted by molar-refractivity contribution is 7.17. The van der Waals surface area contributed by atoms with Crippen LogP contribution in [-0.2, 0) is 19.1 Å². The summed E-state index contributed by atoms with van der Waals surface area (Å²) in [5.41, 5.74) is 4.21. The Morgan fingerprint density at radius 2 is 0.908 bits per heavy atom. The van der Waals surface area contributed by atoms with Gasteiger partial charge >= 0.3 is 11.9 Å². The molecule has 0 bridgehead atoms. The number of esters is 2. The molecule has 0 spiro atoms. The largest absolute Gasteiger partial charge is 0.494 e. The number of rotatable bonds is 27. The zero-order chi connectivity index (χ0) is 51.7. The van der Waals surface area contributed by atoms with E-state index in [4.69, 9.17) is 28.4 Å². The number of anilines is 2. The summed E-state index contributed by atoms with van der Waals surface area (Å²) in [6.07, 6.45) is 7.47. The van der Waals surface area contributed by atoms with Crippen molar-refractivity contribution in [1.29, 1.82) is 0 Å². The zero-order valence-corrected chi connectivity index (χ0v) is 44.9. The Bertz CT molecular complexity index is 2940. The van der Waals surface area contributed by atoms with Crippen molar-refractivity contribution >= 4 is 88.0 Å². The maximum Gasteiger partial charge on any atom is 0.308 e. The normalized spacial score (nSPS) is 14.4. The van der Waals surface area contributed by atoms with Crippen molar-refractivity contribution < 1.29 is 38.0 Å². The molecule has 4 aromatic heterocycles. The molecule has 10 rings (SSSR count). The number of pyridine rings is 2. The lowest BCUT2D eigenvalue weighted by atomic mass is 10.1. The number of benzene rings is 4. The van der Waals surface area contributed by atoms with Gasteiger partial charge in [-0.3, -0.25) is 19.4 Å². The van der Waals surface area contributed by atoms with Crippen LogP contribution in [0.5, 0.6) is 23.3 Å². The van der Waals surface area contributed by atoms with Gasteiger partial charge in [0, 0.05) is 132 Å². The van der Waals surface area contributed by atoms with E-state index in [0.29, 0.717) is 37.8 Å². The second-order valence-electron chi connectivity index (χ2n) is 19.5. The molecule has 0 atom stereocenters. The van der Waals surface area contributed by atoms with Crippen molar-refractivity contribution in [3.63, 3.8) is 0 Å². The summed E-state index contributed by atoms with van der Waals surface area (Å²) in [5, 5.41) is 9.02. The number of carbonyl (C=O) groups is 2. The van der Waals surface area contributed by atoms with Gasteiger partial charge in [-0.15, -0.1) is 22.7 Å².